The average Bonchev–Trinajstić information content (AvgIpc) is 2.86. The molecule has 0 aliphatic carbocycles. The molecule has 0 radical (unpaired) electrons. The second-order valence-electron chi connectivity index (χ2n) is 9.49. The third-order valence-corrected chi connectivity index (χ3v) is 6.10. The maximum absolute atomic E-state index is 14.0. The van der Waals surface area contributed by atoms with Crippen LogP contribution in [0.2, 0.25) is 0 Å². The van der Waals surface area contributed by atoms with Crippen molar-refractivity contribution in [3.8, 4) is 5.75 Å². The van der Waals surface area contributed by atoms with Crippen LogP contribution in [0.4, 0.5) is 18.9 Å². The molecule has 2 amide bonds. The van der Waals surface area contributed by atoms with Gasteiger partial charge in [0.05, 0.1) is 22.7 Å². The molecule has 1 heterocycles. The van der Waals surface area contributed by atoms with Gasteiger partial charge in [-0.25, -0.2) is 4.90 Å². The van der Waals surface area contributed by atoms with Crippen molar-refractivity contribution in [2.24, 2.45) is 18.9 Å². The zero-order valence-corrected chi connectivity index (χ0v) is 22.0. The van der Waals surface area contributed by atoms with Crippen LogP contribution in [0.3, 0.4) is 0 Å². The van der Waals surface area contributed by atoms with E-state index in [1.807, 2.05) is 6.92 Å². The number of rotatable bonds is 6. The van der Waals surface area contributed by atoms with Gasteiger partial charge in [-0.05, 0) is 42.3 Å². The van der Waals surface area contributed by atoms with Gasteiger partial charge >= 0.3 is 12.1 Å². The Bertz CT molecular complexity index is 1450. The number of fused-ring (bicyclic) bond motifs is 1. The van der Waals surface area contributed by atoms with E-state index in [4.69, 9.17) is 4.74 Å². The lowest BCUT2D eigenvalue weighted by molar-refractivity contribution is -0.138. The Kier molecular flexibility index (Phi) is 8.14. The zero-order valence-electron chi connectivity index (χ0n) is 22.0. The van der Waals surface area contributed by atoms with Gasteiger partial charge in [0.2, 0.25) is 5.91 Å². The summed E-state index contributed by atoms with van der Waals surface area (Å²) < 4.78 is 46.3. The average molecular weight is 531 g/mol. The van der Waals surface area contributed by atoms with Crippen molar-refractivity contribution in [2.45, 2.75) is 47.2 Å². The summed E-state index contributed by atoms with van der Waals surface area (Å²) in [6.45, 7) is 8.06. The van der Waals surface area contributed by atoms with Gasteiger partial charge in [0.15, 0.2) is 5.75 Å². The SMILES string of the molecule is CCc1cccc2c1c(OC(=O)C(C)C)c(C(=O)N(C(=O)C(C)C)c1ccc(C(F)(F)F)cc1)c(=O)n2C. The molecule has 0 atom stereocenters. The van der Waals surface area contributed by atoms with Gasteiger partial charge in [0, 0.05) is 18.4 Å². The Morgan fingerprint density at radius 3 is 2.08 bits per heavy atom. The minimum Gasteiger partial charge on any atom is -0.425 e. The number of esters is 1. The quantitative estimate of drug-likeness (QED) is 0.393. The summed E-state index contributed by atoms with van der Waals surface area (Å²) in [6, 6.07) is 8.61. The molecule has 202 valence electrons. The largest absolute Gasteiger partial charge is 0.425 e. The number of carbonyl (C=O) groups is 3. The number of carbonyl (C=O) groups excluding carboxylic acids is 3. The maximum atomic E-state index is 14.0. The number of benzene rings is 2. The van der Waals surface area contributed by atoms with Crippen molar-refractivity contribution in [3.63, 3.8) is 0 Å². The first kappa shape index (κ1) is 28.6. The number of amides is 2. The molecule has 0 bridgehead atoms. The molecule has 0 aliphatic rings. The van der Waals surface area contributed by atoms with Gasteiger partial charge in [-0.15, -0.1) is 0 Å². The van der Waals surface area contributed by atoms with E-state index in [0.29, 0.717) is 27.8 Å². The van der Waals surface area contributed by atoms with Crippen LogP contribution in [-0.4, -0.2) is 22.4 Å². The van der Waals surface area contributed by atoms with Gasteiger partial charge in [-0.2, -0.15) is 13.2 Å². The summed E-state index contributed by atoms with van der Waals surface area (Å²) in [7, 11) is 1.45. The maximum Gasteiger partial charge on any atom is 0.416 e. The number of hydrogen-bond donors (Lipinski definition) is 0. The number of ether oxygens (including phenoxy) is 1. The molecule has 0 spiro atoms. The van der Waals surface area contributed by atoms with Crippen LogP contribution in [0, 0.1) is 11.8 Å². The fourth-order valence-corrected chi connectivity index (χ4v) is 3.95. The lowest BCUT2D eigenvalue weighted by atomic mass is 10.0. The predicted octanol–water partition coefficient (Wildman–Crippen LogP) is 5.51. The zero-order chi connectivity index (χ0) is 28.5. The van der Waals surface area contributed by atoms with Crippen LogP contribution in [0.1, 0.15) is 56.1 Å². The number of imide groups is 1. The molecule has 0 aliphatic heterocycles. The van der Waals surface area contributed by atoms with Crippen LogP contribution in [0.15, 0.2) is 47.3 Å². The molecule has 1 aromatic heterocycles. The number of hydrogen-bond acceptors (Lipinski definition) is 5. The van der Waals surface area contributed by atoms with Crippen molar-refractivity contribution in [2.75, 3.05) is 4.90 Å². The molecule has 3 rings (SSSR count). The number of halogens is 3. The summed E-state index contributed by atoms with van der Waals surface area (Å²) in [5.41, 5.74) is -1.41. The van der Waals surface area contributed by atoms with Gasteiger partial charge in [0.25, 0.3) is 11.5 Å². The molecule has 0 unspecified atom stereocenters. The minimum atomic E-state index is -4.63. The Morgan fingerprint density at radius 1 is 0.974 bits per heavy atom. The van der Waals surface area contributed by atoms with Crippen molar-refractivity contribution in [1.82, 2.24) is 4.57 Å². The first-order valence-electron chi connectivity index (χ1n) is 12.1. The third-order valence-electron chi connectivity index (χ3n) is 6.10. The van der Waals surface area contributed by atoms with E-state index < -0.39 is 52.5 Å². The van der Waals surface area contributed by atoms with E-state index >= 15 is 0 Å². The van der Waals surface area contributed by atoms with Crippen LogP contribution in [0.25, 0.3) is 10.9 Å². The number of pyridine rings is 1. The smallest absolute Gasteiger partial charge is 0.416 e. The standard InChI is InChI=1S/C28H29F3N2O5/c1-7-17-9-8-10-20-21(17)23(38-27(37)16(4)5)22(25(35)32(20)6)26(36)33(24(34)15(2)3)19-13-11-18(12-14-19)28(29,30)31/h8-16H,7H2,1-6H3. The molecule has 3 aromatic rings. The van der Waals surface area contributed by atoms with Gasteiger partial charge in [-0.1, -0.05) is 46.8 Å². The highest BCUT2D eigenvalue weighted by Crippen LogP contribution is 2.35. The van der Waals surface area contributed by atoms with Crippen LogP contribution in [-0.2, 0) is 29.2 Å². The van der Waals surface area contributed by atoms with Crippen LogP contribution in [0.5, 0.6) is 5.75 Å². The molecule has 0 N–H and O–H groups in total. The van der Waals surface area contributed by atoms with Gasteiger partial charge in [0.1, 0.15) is 5.56 Å². The summed E-state index contributed by atoms with van der Waals surface area (Å²) in [6.07, 6.45) is -4.15. The highest BCUT2D eigenvalue weighted by molar-refractivity contribution is 6.23. The van der Waals surface area contributed by atoms with E-state index in [-0.39, 0.29) is 11.4 Å². The van der Waals surface area contributed by atoms with E-state index in [1.54, 1.807) is 32.0 Å². The van der Waals surface area contributed by atoms with E-state index in [0.717, 1.165) is 24.3 Å². The summed E-state index contributed by atoms with van der Waals surface area (Å²) >= 11 is 0. The predicted molar refractivity (Wildman–Crippen MR) is 137 cm³/mol. The molecule has 0 saturated carbocycles. The Morgan fingerprint density at radius 2 is 1.58 bits per heavy atom. The number of anilines is 1. The molecule has 2 aromatic carbocycles. The van der Waals surface area contributed by atoms with E-state index in [9.17, 15) is 32.3 Å². The monoisotopic (exact) mass is 530 g/mol. The second kappa shape index (κ2) is 10.8. The molecule has 0 saturated heterocycles. The lowest BCUT2D eigenvalue weighted by Crippen LogP contribution is -2.43. The summed E-state index contributed by atoms with van der Waals surface area (Å²) in [5.74, 6) is -4.19. The first-order chi connectivity index (χ1) is 17.7. The molecule has 7 nitrogen and oxygen atoms in total. The molecular weight excluding hydrogens is 501 g/mol. The van der Waals surface area contributed by atoms with Crippen molar-refractivity contribution in [3.05, 3.63) is 69.5 Å². The molecular formula is C28H29F3N2O5. The normalized spacial score (nSPS) is 11.8. The Hall–Kier alpha value is -3.95. The number of aryl methyl sites for hydroxylation is 2. The van der Waals surface area contributed by atoms with Crippen molar-refractivity contribution >= 4 is 34.4 Å². The van der Waals surface area contributed by atoms with Crippen molar-refractivity contribution in [1.29, 1.82) is 0 Å². The minimum absolute atomic E-state index is 0.159. The first-order valence-corrected chi connectivity index (χ1v) is 12.1. The topological polar surface area (TPSA) is 85.7 Å². The fraction of sp³-hybridized carbons (Fsp3) is 0.357. The van der Waals surface area contributed by atoms with E-state index in [2.05, 4.69) is 0 Å². The van der Waals surface area contributed by atoms with Crippen molar-refractivity contribution < 1.29 is 32.3 Å². The highest BCUT2D eigenvalue weighted by Gasteiger charge is 2.35. The number of alkyl halides is 3. The van der Waals surface area contributed by atoms with E-state index in [1.165, 1.54) is 25.5 Å². The number of nitrogens with zero attached hydrogens (tertiary/aromatic N) is 2. The highest BCUT2D eigenvalue weighted by atomic mass is 19.4. The van der Waals surface area contributed by atoms with Crippen LogP contribution >= 0.6 is 0 Å². The number of aromatic nitrogens is 1. The summed E-state index contributed by atoms with van der Waals surface area (Å²) in [5, 5.41) is 0.360. The Balaban J connectivity index is 2.37. The Labute approximate surface area is 217 Å². The van der Waals surface area contributed by atoms with Gasteiger partial charge in [-0.3, -0.25) is 19.2 Å². The van der Waals surface area contributed by atoms with Gasteiger partial charge < -0.3 is 9.30 Å². The third kappa shape index (κ3) is 5.34. The molecule has 0 fully saturated rings. The molecule has 10 heteroatoms. The fourth-order valence-electron chi connectivity index (χ4n) is 3.95. The van der Waals surface area contributed by atoms with Crippen LogP contribution < -0.4 is 15.2 Å². The second-order valence-corrected chi connectivity index (χ2v) is 9.49. The molecule has 38 heavy (non-hydrogen) atoms. The summed E-state index contributed by atoms with van der Waals surface area (Å²) in [4.78, 5) is 54.2. The lowest BCUT2D eigenvalue weighted by Gasteiger charge is -2.25.